The maximum Gasteiger partial charge on any atom is 0.293 e. The normalized spacial score (nSPS) is 15.5. The van der Waals surface area contributed by atoms with Gasteiger partial charge in [0.2, 0.25) is 0 Å². The number of hydrogen-bond acceptors (Lipinski definition) is 6. The van der Waals surface area contributed by atoms with Crippen LogP contribution in [0.3, 0.4) is 0 Å². The molecule has 1 fully saturated rings. The van der Waals surface area contributed by atoms with Gasteiger partial charge in [0.25, 0.3) is 11.6 Å². The first-order valence-electron chi connectivity index (χ1n) is 9.61. The minimum Gasteiger partial charge on any atom is -0.383 e. The molecule has 0 aliphatic carbocycles. The van der Waals surface area contributed by atoms with Crippen molar-refractivity contribution in [2.24, 2.45) is 0 Å². The molecule has 0 aromatic heterocycles. The first-order chi connectivity index (χ1) is 14.0. The van der Waals surface area contributed by atoms with Crippen LogP contribution in [-0.4, -0.2) is 55.6 Å². The monoisotopic (exact) mass is 398 g/mol. The van der Waals surface area contributed by atoms with Gasteiger partial charge in [0, 0.05) is 38.3 Å². The molecular weight excluding hydrogens is 372 g/mol. The van der Waals surface area contributed by atoms with Crippen LogP contribution in [0, 0.1) is 17.0 Å². The lowest BCUT2D eigenvalue weighted by Gasteiger charge is -2.31. The zero-order valence-corrected chi connectivity index (χ0v) is 16.7. The van der Waals surface area contributed by atoms with Crippen LogP contribution >= 0.6 is 0 Å². The van der Waals surface area contributed by atoms with Crippen LogP contribution in [0.1, 0.15) is 27.5 Å². The van der Waals surface area contributed by atoms with Crippen molar-refractivity contribution < 1.29 is 14.5 Å². The second-order valence-corrected chi connectivity index (χ2v) is 7.09. The van der Waals surface area contributed by atoms with Crippen molar-refractivity contribution in [2.45, 2.75) is 13.0 Å². The molecule has 2 N–H and O–H groups in total. The topological polar surface area (TPSA) is 96.7 Å². The molecular formula is C21H26N4O4. The summed E-state index contributed by atoms with van der Waals surface area (Å²) in [5, 5.41) is 17.1. The van der Waals surface area contributed by atoms with Crippen LogP contribution < -0.4 is 10.6 Å². The predicted octanol–water partition coefficient (Wildman–Crippen LogP) is 2.75. The quantitative estimate of drug-likeness (QED) is 0.550. The highest BCUT2D eigenvalue weighted by Gasteiger charge is 2.22. The number of nitro groups is 1. The summed E-state index contributed by atoms with van der Waals surface area (Å²) in [6.45, 7) is 5.62. The molecule has 29 heavy (non-hydrogen) atoms. The minimum absolute atomic E-state index is 0.125. The zero-order chi connectivity index (χ0) is 20.8. The summed E-state index contributed by atoms with van der Waals surface area (Å²) in [6.07, 6.45) is 0. The number of rotatable bonds is 7. The lowest BCUT2D eigenvalue weighted by atomic mass is 10.0. The Morgan fingerprint density at radius 2 is 1.90 bits per heavy atom. The third-order valence-corrected chi connectivity index (χ3v) is 5.06. The number of ether oxygens (including phenoxy) is 1. The molecule has 1 atom stereocenters. The molecule has 1 saturated heterocycles. The first-order valence-corrected chi connectivity index (χ1v) is 9.61. The lowest BCUT2D eigenvalue weighted by molar-refractivity contribution is -0.384. The molecule has 1 unspecified atom stereocenters. The first kappa shape index (κ1) is 20.8. The number of anilines is 1. The summed E-state index contributed by atoms with van der Waals surface area (Å²) in [4.78, 5) is 26.0. The largest absolute Gasteiger partial charge is 0.383 e. The summed E-state index contributed by atoms with van der Waals surface area (Å²) < 4.78 is 5.41. The summed E-state index contributed by atoms with van der Waals surface area (Å²) in [6, 6.07) is 12.3. The van der Waals surface area contributed by atoms with Gasteiger partial charge in [-0.3, -0.25) is 19.8 Å². The second-order valence-electron chi connectivity index (χ2n) is 7.09. The van der Waals surface area contributed by atoms with Crippen LogP contribution in [0.15, 0.2) is 42.5 Å². The van der Waals surface area contributed by atoms with E-state index in [0.29, 0.717) is 25.4 Å². The van der Waals surface area contributed by atoms with Crippen molar-refractivity contribution in [3.63, 3.8) is 0 Å². The highest BCUT2D eigenvalue weighted by atomic mass is 16.6. The number of morpholine rings is 1. The number of aryl methyl sites for hydroxylation is 1. The smallest absolute Gasteiger partial charge is 0.293 e. The number of nitro benzene ring substituents is 1. The van der Waals surface area contributed by atoms with Gasteiger partial charge in [-0.25, -0.2) is 0 Å². The molecule has 8 nitrogen and oxygen atoms in total. The average Bonchev–Trinajstić information content (AvgIpc) is 2.74. The van der Waals surface area contributed by atoms with Gasteiger partial charge in [0.1, 0.15) is 5.69 Å². The predicted molar refractivity (Wildman–Crippen MR) is 111 cm³/mol. The number of hydrogen-bond donors (Lipinski definition) is 2. The molecule has 0 radical (unpaired) electrons. The molecule has 0 bridgehead atoms. The minimum atomic E-state index is -0.492. The number of amides is 1. The number of carbonyl (C=O) groups excluding carboxylic acids is 1. The van der Waals surface area contributed by atoms with E-state index >= 15 is 0 Å². The lowest BCUT2D eigenvalue weighted by Crippen LogP contribution is -2.43. The Morgan fingerprint density at radius 1 is 1.21 bits per heavy atom. The molecule has 154 valence electrons. The molecule has 2 aromatic rings. The third-order valence-electron chi connectivity index (χ3n) is 5.06. The number of nitrogens with zero attached hydrogens (tertiary/aromatic N) is 2. The summed E-state index contributed by atoms with van der Waals surface area (Å²) in [5.74, 6) is -0.338. The van der Waals surface area contributed by atoms with Crippen LogP contribution in [0.2, 0.25) is 0 Å². The fraction of sp³-hybridized carbons (Fsp3) is 0.381. The SMILES string of the molecule is CNc1ccc(C(=O)NC(CN2CCOCC2)c2ccc(C)cc2)cc1[N+](=O)[O-]. The van der Waals surface area contributed by atoms with Crippen molar-refractivity contribution in [3.05, 3.63) is 69.3 Å². The van der Waals surface area contributed by atoms with Gasteiger partial charge in [-0.2, -0.15) is 0 Å². The van der Waals surface area contributed by atoms with E-state index in [9.17, 15) is 14.9 Å². The highest BCUT2D eigenvalue weighted by Crippen LogP contribution is 2.25. The van der Waals surface area contributed by atoms with E-state index < -0.39 is 4.92 Å². The Balaban J connectivity index is 1.82. The van der Waals surface area contributed by atoms with Gasteiger partial charge in [0.15, 0.2) is 0 Å². The Bertz CT molecular complexity index is 863. The Hall–Kier alpha value is -2.97. The molecule has 1 heterocycles. The molecule has 0 saturated carbocycles. The van der Waals surface area contributed by atoms with Crippen molar-refractivity contribution >= 4 is 17.3 Å². The third kappa shape index (κ3) is 5.30. The van der Waals surface area contributed by atoms with Crippen LogP contribution in [0.4, 0.5) is 11.4 Å². The molecule has 2 aromatic carbocycles. The molecule has 1 aliphatic rings. The Kier molecular flexibility index (Phi) is 6.79. The standard InChI is InChI=1S/C21H26N4O4/c1-15-3-5-16(6-4-15)19(14-24-9-11-29-12-10-24)23-21(26)17-7-8-18(22-2)20(13-17)25(27)28/h3-8,13,19,22H,9-12,14H2,1-2H3,(H,23,26). The van der Waals surface area contributed by atoms with E-state index in [1.807, 2.05) is 31.2 Å². The molecule has 0 spiro atoms. The van der Waals surface area contributed by atoms with E-state index in [1.165, 1.54) is 6.07 Å². The van der Waals surface area contributed by atoms with E-state index in [-0.39, 0.29) is 23.2 Å². The van der Waals surface area contributed by atoms with Gasteiger partial charge in [0.05, 0.1) is 24.2 Å². The van der Waals surface area contributed by atoms with E-state index in [1.54, 1.807) is 19.2 Å². The number of carbonyl (C=O) groups is 1. The highest BCUT2D eigenvalue weighted by molar-refractivity contribution is 5.96. The Labute approximate surface area is 170 Å². The Morgan fingerprint density at radius 3 is 2.52 bits per heavy atom. The van der Waals surface area contributed by atoms with Gasteiger partial charge in [-0.15, -0.1) is 0 Å². The summed E-state index contributed by atoms with van der Waals surface area (Å²) >= 11 is 0. The van der Waals surface area contributed by atoms with Gasteiger partial charge in [-0.05, 0) is 24.6 Å². The van der Waals surface area contributed by atoms with Gasteiger partial charge >= 0.3 is 0 Å². The second kappa shape index (κ2) is 9.49. The van der Waals surface area contributed by atoms with E-state index in [4.69, 9.17) is 4.74 Å². The maximum absolute atomic E-state index is 12.9. The van der Waals surface area contributed by atoms with Gasteiger partial charge < -0.3 is 15.4 Å². The van der Waals surface area contributed by atoms with Gasteiger partial charge in [-0.1, -0.05) is 29.8 Å². The van der Waals surface area contributed by atoms with E-state index in [2.05, 4.69) is 15.5 Å². The molecule has 3 rings (SSSR count). The average molecular weight is 398 g/mol. The fourth-order valence-corrected chi connectivity index (χ4v) is 3.35. The molecule has 8 heteroatoms. The maximum atomic E-state index is 12.9. The summed E-state index contributed by atoms with van der Waals surface area (Å²) in [5.41, 5.74) is 2.64. The number of nitrogens with one attached hydrogen (secondary N) is 2. The zero-order valence-electron chi connectivity index (χ0n) is 16.7. The van der Waals surface area contributed by atoms with Crippen LogP contribution in [0.5, 0.6) is 0 Å². The molecule has 1 amide bonds. The van der Waals surface area contributed by atoms with Crippen LogP contribution in [-0.2, 0) is 4.74 Å². The fourth-order valence-electron chi connectivity index (χ4n) is 3.35. The summed E-state index contributed by atoms with van der Waals surface area (Å²) in [7, 11) is 1.61. The van der Waals surface area contributed by atoms with Crippen LogP contribution in [0.25, 0.3) is 0 Å². The van der Waals surface area contributed by atoms with E-state index in [0.717, 1.165) is 24.2 Å². The number of benzene rings is 2. The molecule has 1 aliphatic heterocycles. The van der Waals surface area contributed by atoms with Crippen molar-refractivity contribution in [2.75, 3.05) is 45.2 Å². The van der Waals surface area contributed by atoms with Crippen molar-refractivity contribution in [3.8, 4) is 0 Å². The van der Waals surface area contributed by atoms with Crippen molar-refractivity contribution in [1.29, 1.82) is 0 Å². The van der Waals surface area contributed by atoms with Crippen molar-refractivity contribution in [1.82, 2.24) is 10.2 Å².